The zero-order valence-electron chi connectivity index (χ0n) is 16.7. The Balaban J connectivity index is 1.66. The highest BCUT2D eigenvalue weighted by Crippen LogP contribution is 2.20. The molecule has 2 aromatic rings. The van der Waals surface area contributed by atoms with E-state index in [9.17, 15) is 13.2 Å². The largest absolute Gasteiger partial charge is 0.337 e. The zero-order chi connectivity index (χ0) is 21.0. The van der Waals surface area contributed by atoms with E-state index in [1.807, 2.05) is 23.1 Å². The average molecular weight is 436 g/mol. The lowest BCUT2D eigenvalue weighted by atomic mass is 10.2. The lowest BCUT2D eigenvalue weighted by Crippen LogP contribution is -2.35. The van der Waals surface area contributed by atoms with Crippen LogP contribution in [0.1, 0.15) is 22.3 Å². The molecule has 0 atom stereocenters. The van der Waals surface area contributed by atoms with Crippen LogP contribution in [0, 0.1) is 0 Å². The number of hydrogen-bond acceptors (Lipinski definition) is 4. The van der Waals surface area contributed by atoms with E-state index in [-0.39, 0.29) is 5.91 Å². The summed E-state index contributed by atoms with van der Waals surface area (Å²) in [5.74, 6) is -0.0449. The number of carbonyl (C=O) groups is 1. The van der Waals surface area contributed by atoms with Crippen molar-refractivity contribution in [3.63, 3.8) is 0 Å². The van der Waals surface area contributed by atoms with Gasteiger partial charge in [-0.1, -0.05) is 35.9 Å². The molecule has 29 heavy (non-hydrogen) atoms. The van der Waals surface area contributed by atoms with E-state index < -0.39 is 10.0 Å². The number of halogens is 1. The number of sulfonamides is 1. The van der Waals surface area contributed by atoms with E-state index in [0.29, 0.717) is 35.1 Å². The third-order valence-corrected chi connectivity index (χ3v) is 7.20. The maximum absolute atomic E-state index is 12.8. The fourth-order valence-electron chi connectivity index (χ4n) is 3.41. The Bertz CT molecular complexity index is 979. The SMILES string of the molecule is CN(C)S(=O)(=O)c1cccc(CN2CCCN(C(=O)c3ccccc3Cl)CC2)c1. The Morgan fingerprint density at radius 2 is 1.79 bits per heavy atom. The van der Waals surface area contributed by atoms with Gasteiger partial charge in [0.2, 0.25) is 10.0 Å². The molecule has 3 rings (SSSR count). The summed E-state index contributed by atoms with van der Waals surface area (Å²) in [5.41, 5.74) is 1.48. The van der Waals surface area contributed by atoms with E-state index in [1.54, 1.807) is 30.3 Å². The molecule has 0 N–H and O–H groups in total. The first-order valence-electron chi connectivity index (χ1n) is 9.56. The predicted octanol–water partition coefficient (Wildman–Crippen LogP) is 2.94. The minimum absolute atomic E-state index is 0.0449. The number of amides is 1. The van der Waals surface area contributed by atoms with Crippen molar-refractivity contribution >= 4 is 27.5 Å². The second kappa shape index (κ2) is 9.26. The van der Waals surface area contributed by atoms with Crippen molar-refractivity contribution in [3.8, 4) is 0 Å². The van der Waals surface area contributed by atoms with E-state index in [4.69, 9.17) is 11.6 Å². The summed E-state index contributed by atoms with van der Waals surface area (Å²) < 4.78 is 26.0. The lowest BCUT2D eigenvalue weighted by Gasteiger charge is -2.22. The highest BCUT2D eigenvalue weighted by Gasteiger charge is 2.22. The molecule has 0 radical (unpaired) electrons. The lowest BCUT2D eigenvalue weighted by molar-refractivity contribution is 0.0761. The molecular formula is C21H26ClN3O3S. The Morgan fingerprint density at radius 3 is 2.52 bits per heavy atom. The van der Waals surface area contributed by atoms with E-state index in [0.717, 1.165) is 25.1 Å². The van der Waals surface area contributed by atoms with Crippen LogP contribution in [0.3, 0.4) is 0 Å². The van der Waals surface area contributed by atoms with Gasteiger partial charge in [0, 0.05) is 46.8 Å². The van der Waals surface area contributed by atoms with E-state index >= 15 is 0 Å². The first-order chi connectivity index (χ1) is 13.8. The molecular weight excluding hydrogens is 410 g/mol. The average Bonchev–Trinajstić information content (AvgIpc) is 2.93. The van der Waals surface area contributed by atoms with Gasteiger partial charge in [-0.15, -0.1) is 0 Å². The minimum atomic E-state index is -3.45. The minimum Gasteiger partial charge on any atom is -0.337 e. The quantitative estimate of drug-likeness (QED) is 0.724. The Morgan fingerprint density at radius 1 is 1.03 bits per heavy atom. The summed E-state index contributed by atoms with van der Waals surface area (Å²) >= 11 is 6.18. The van der Waals surface area contributed by atoms with Crippen molar-refractivity contribution in [2.45, 2.75) is 17.9 Å². The molecule has 1 aliphatic heterocycles. The molecule has 6 nitrogen and oxygen atoms in total. The second-order valence-corrected chi connectivity index (χ2v) is 9.90. The topological polar surface area (TPSA) is 60.9 Å². The molecule has 0 spiro atoms. The number of hydrogen-bond donors (Lipinski definition) is 0. The summed E-state index contributed by atoms with van der Waals surface area (Å²) in [7, 11) is -0.394. The van der Waals surface area contributed by atoms with Gasteiger partial charge < -0.3 is 4.90 Å². The summed E-state index contributed by atoms with van der Waals surface area (Å²) in [6.45, 7) is 3.50. The van der Waals surface area contributed by atoms with Crippen LogP contribution in [0.5, 0.6) is 0 Å². The molecule has 1 amide bonds. The molecule has 0 aliphatic carbocycles. The monoisotopic (exact) mass is 435 g/mol. The first-order valence-corrected chi connectivity index (χ1v) is 11.4. The zero-order valence-corrected chi connectivity index (χ0v) is 18.3. The first kappa shape index (κ1) is 21.8. The van der Waals surface area contributed by atoms with Crippen molar-refractivity contribution in [2.24, 2.45) is 0 Å². The molecule has 1 heterocycles. The fourth-order valence-corrected chi connectivity index (χ4v) is 4.60. The Labute approximate surface area is 177 Å². The molecule has 1 fully saturated rings. The van der Waals surface area contributed by atoms with Crippen LogP contribution in [0.2, 0.25) is 5.02 Å². The predicted molar refractivity (Wildman–Crippen MR) is 115 cm³/mol. The standard InChI is InChI=1S/C21H26ClN3O3S/c1-23(2)29(27,28)18-8-5-7-17(15-18)16-24-11-6-12-25(14-13-24)21(26)19-9-3-4-10-20(19)22/h3-5,7-10,15H,6,11-14,16H2,1-2H3. The third kappa shape index (κ3) is 5.17. The smallest absolute Gasteiger partial charge is 0.255 e. The van der Waals surface area contributed by atoms with Gasteiger partial charge >= 0.3 is 0 Å². The second-order valence-electron chi connectivity index (χ2n) is 7.34. The van der Waals surface area contributed by atoms with Crippen molar-refractivity contribution in [3.05, 3.63) is 64.7 Å². The normalized spacial score (nSPS) is 16.1. The van der Waals surface area contributed by atoms with Crippen LogP contribution in [0.25, 0.3) is 0 Å². The molecule has 0 unspecified atom stereocenters. The molecule has 1 saturated heterocycles. The molecule has 0 aromatic heterocycles. The van der Waals surface area contributed by atoms with Crippen molar-refractivity contribution in [1.82, 2.24) is 14.1 Å². The van der Waals surface area contributed by atoms with Crippen LogP contribution in [0.15, 0.2) is 53.4 Å². The third-order valence-electron chi connectivity index (χ3n) is 5.06. The van der Waals surface area contributed by atoms with Gasteiger partial charge in [0.25, 0.3) is 5.91 Å². The van der Waals surface area contributed by atoms with Crippen LogP contribution in [-0.4, -0.2) is 68.7 Å². The van der Waals surface area contributed by atoms with Gasteiger partial charge in [-0.2, -0.15) is 0 Å². The Kier molecular flexibility index (Phi) is 6.95. The van der Waals surface area contributed by atoms with Gasteiger partial charge in [0.1, 0.15) is 0 Å². The summed E-state index contributed by atoms with van der Waals surface area (Å²) in [6.07, 6.45) is 0.853. The maximum Gasteiger partial charge on any atom is 0.255 e. The van der Waals surface area contributed by atoms with Crippen LogP contribution >= 0.6 is 11.6 Å². The van der Waals surface area contributed by atoms with E-state index in [2.05, 4.69) is 4.90 Å². The molecule has 2 aromatic carbocycles. The number of nitrogens with zero attached hydrogens (tertiary/aromatic N) is 3. The number of carbonyl (C=O) groups excluding carboxylic acids is 1. The molecule has 0 bridgehead atoms. The highest BCUT2D eigenvalue weighted by molar-refractivity contribution is 7.89. The van der Waals surface area contributed by atoms with Crippen molar-refractivity contribution in [1.29, 1.82) is 0 Å². The Hall–Kier alpha value is -1.93. The van der Waals surface area contributed by atoms with Gasteiger partial charge in [0.05, 0.1) is 15.5 Å². The van der Waals surface area contributed by atoms with Gasteiger partial charge in [-0.25, -0.2) is 12.7 Å². The van der Waals surface area contributed by atoms with Crippen LogP contribution < -0.4 is 0 Å². The molecule has 8 heteroatoms. The van der Waals surface area contributed by atoms with Gasteiger partial charge in [-0.05, 0) is 36.2 Å². The summed E-state index contributed by atoms with van der Waals surface area (Å²) in [4.78, 5) is 17.2. The summed E-state index contributed by atoms with van der Waals surface area (Å²) in [5, 5.41) is 0.470. The molecule has 156 valence electrons. The van der Waals surface area contributed by atoms with Crippen molar-refractivity contribution < 1.29 is 13.2 Å². The van der Waals surface area contributed by atoms with Crippen LogP contribution in [-0.2, 0) is 16.6 Å². The fraction of sp³-hybridized carbons (Fsp3) is 0.381. The number of benzene rings is 2. The van der Waals surface area contributed by atoms with Gasteiger partial charge in [0.15, 0.2) is 0 Å². The van der Waals surface area contributed by atoms with Crippen LogP contribution in [0.4, 0.5) is 0 Å². The maximum atomic E-state index is 12.8. The molecule has 0 saturated carbocycles. The van der Waals surface area contributed by atoms with E-state index in [1.165, 1.54) is 18.4 Å². The number of rotatable bonds is 5. The van der Waals surface area contributed by atoms with Crippen molar-refractivity contribution in [2.75, 3.05) is 40.3 Å². The van der Waals surface area contributed by atoms with Gasteiger partial charge in [-0.3, -0.25) is 9.69 Å². The highest BCUT2D eigenvalue weighted by atomic mass is 35.5. The summed E-state index contributed by atoms with van der Waals surface area (Å²) in [6, 6.07) is 14.2. The molecule has 1 aliphatic rings.